The van der Waals surface area contributed by atoms with E-state index in [1.807, 2.05) is 17.5 Å². The first-order chi connectivity index (χ1) is 13.2. The van der Waals surface area contributed by atoms with Crippen molar-refractivity contribution in [3.05, 3.63) is 82.1 Å². The molecule has 6 heteroatoms. The highest BCUT2D eigenvalue weighted by atomic mass is 32.1. The Morgan fingerprint density at radius 1 is 0.963 bits per heavy atom. The number of ether oxygens (including phenoxy) is 3. The molecule has 1 aromatic heterocycles. The Balaban J connectivity index is 1.41. The smallest absolute Gasteiger partial charge is 0.343 e. The molecule has 0 bridgehead atoms. The van der Waals surface area contributed by atoms with Crippen LogP contribution >= 0.6 is 11.3 Å². The van der Waals surface area contributed by atoms with Crippen molar-refractivity contribution in [2.24, 2.45) is 0 Å². The third kappa shape index (κ3) is 3.91. The van der Waals surface area contributed by atoms with Crippen LogP contribution in [-0.2, 0) is 0 Å². The van der Waals surface area contributed by atoms with Crippen LogP contribution in [0.3, 0.4) is 0 Å². The molecule has 2 heterocycles. The minimum atomic E-state index is -0.509. The maximum Gasteiger partial charge on any atom is 0.343 e. The van der Waals surface area contributed by atoms with Crippen molar-refractivity contribution in [2.75, 3.05) is 6.79 Å². The van der Waals surface area contributed by atoms with E-state index in [4.69, 9.17) is 14.2 Å². The van der Waals surface area contributed by atoms with Crippen molar-refractivity contribution >= 4 is 29.2 Å². The topological polar surface area (TPSA) is 61.8 Å². The summed E-state index contributed by atoms with van der Waals surface area (Å²) in [6.07, 6.45) is 3.31. The van der Waals surface area contributed by atoms with E-state index in [0.29, 0.717) is 28.4 Å². The van der Waals surface area contributed by atoms with Gasteiger partial charge in [-0.15, -0.1) is 11.3 Å². The zero-order valence-electron chi connectivity index (χ0n) is 14.1. The molecule has 0 saturated heterocycles. The fourth-order valence-electron chi connectivity index (χ4n) is 2.52. The average Bonchev–Trinajstić information content (AvgIpc) is 3.37. The molecule has 3 aromatic rings. The van der Waals surface area contributed by atoms with E-state index in [0.717, 1.165) is 4.88 Å². The van der Waals surface area contributed by atoms with Crippen LogP contribution in [-0.4, -0.2) is 18.5 Å². The van der Waals surface area contributed by atoms with Crippen molar-refractivity contribution < 1.29 is 23.8 Å². The van der Waals surface area contributed by atoms with Gasteiger partial charge in [-0.2, -0.15) is 0 Å². The van der Waals surface area contributed by atoms with E-state index in [9.17, 15) is 9.59 Å². The van der Waals surface area contributed by atoms with Crippen LogP contribution in [0.15, 0.2) is 66.1 Å². The van der Waals surface area contributed by atoms with Crippen LogP contribution in [0.4, 0.5) is 0 Å². The van der Waals surface area contributed by atoms with Crippen molar-refractivity contribution in [3.8, 4) is 17.2 Å². The number of carbonyl (C=O) groups excluding carboxylic acids is 2. The van der Waals surface area contributed by atoms with Crippen molar-refractivity contribution in [1.82, 2.24) is 0 Å². The third-order valence-electron chi connectivity index (χ3n) is 3.90. The molecule has 0 unspecified atom stereocenters. The van der Waals surface area contributed by atoms with E-state index < -0.39 is 5.97 Å². The maximum atomic E-state index is 12.3. The first kappa shape index (κ1) is 17.1. The monoisotopic (exact) mass is 378 g/mol. The van der Waals surface area contributed by atoms with E-state index in [-0.39, 0.29) is 12.6 Å². The van der Waals surface area contributed by atoms with Gasteiger partial charge in [0.15, 0.2) is 17.3 Å². The molecule has 0 fully saturated rings. The van der Waals surface area contributed by atoms with Gasteiger partial charge >= 0.3 is 5.97 Å². The molecule has 5 nitrogen and oxygen atoms in total. The normalized spacial score (nSPS) is 12.3. The number of allylic oxidation sites excluding steroid dienone is 1. The molecule has 0 N–H and O–H groups in total. The average molecular weight is 378 g/mol. The summed E-state index contributed by atoms with van der Waals surface area (Å²) in [6.45, 7) is 0.143. The highest BCUT2D eigenvalue weighted by Crippen LogP contribution is 2.32. The van der Waals surface area contributed by atoms with E-state index in [1.54, 1.807) is 59.9 Å². The van der Waals surface area contributed by atoms with Gasteiger partial charge in [-0.25, -0.2) is 4.79 Å². The second-order valence-electron chi connectivity index (χ2n) is 5.69. The summed E-state index contributed by atoms with van der Waals surface area (Å²) in [7, 11) is 0. The molecular formula is C21H14O5S. The largest absolute Gasteiger partial charge is 0.454 e. The van der Waals surface area contributed by atoms with Crippen LogP contribution in [0.25, 0.3) is 6.08 Å². The van der Waals surface area contributed by atoms with E-state index >= 15 is 0 Å². The maximum absolute atomic E-state index is 12.3. The molecule has 134 valence electrons. The van der Waals surface area contributed by atoms with E-state index in [1.165, 1.54) is 6.08 Å². The summed E-state index contributed by atoms with van der Waals surface area (Å²) >= 11 is 1.56. The van der Waals surface area contributed by atoms with Crippen LogP contribution < -0.4 is 14.2 Å². The lowest BCUT2D eigenvalue weighted by molar-refractivity contribution is 0.0734. The number of esters is 1. The summed E-state index contributed by atoms with van der Waals surface area (Å²) in [5.74, 6) is 0.853. The Hall–Kier alpha value is -3.38. The Morgan fingerprint density at radius 3 is 2.52 bits per heavy atom. The molecule has 0 amide bonds. The lowest BCUT2D eigenvalue weighted by Crippen LogP contribution is -2.08. The molecule has 4 rings (SSSR count). The predicted octanol–water partition coefficient (Wildman–Crippen LogP) is 4.59. The predicted molar refractivity (Wildman–Crippen MR) is 102 cm³/mol. The Labute approximate surface area is 159 Å². The van der Waals surface area contributed by atoms with Gasteiger partial charge in [0.2, 0.25) is 6.79 Å². The van der Waals surface area contributed by atoms with Gasteiger partial charge in [-0.1, -0.05) is 6.07 Å². The van der Waals surface area contributed by atoms with Gasteiger partial charge in [0.1, 0.15) is 5.75 Å². The Morgan fingerprint density at radius 2 is 1.74 bits per heavy atom. The fraction of sp³-hybridized carbons (Fsp3) is 0.0476. The molecule has 2 aromatic carbocycles. The second-order valence-corrected chi connectivity index (χ2v) is 6.67. The zero-order chi connectivity index (χ0) is 18.6. The number of hydrogen-bond donors (Lipinski definition) is 0. The third-order valence-corrected chi connectivity index (χ3v) is 4.74. The minimum Gasteiger partial charge on any atom is -0.454 e. The first-order valence-electron chi connectivity index (χ1n) is 8.17. The summed E-state index contributed by atoms with van der Waals surface area (Å²) in [5, 5.41) is 1.95. The highest BCUT2D eigenvalue weighted by molar-refractivity contribution is 7.10. The quantitative estimate of drug-likeness (QED) is 0.281. The molecule has 1 aliphatic rings. The van der Waals surface area contributed by atoms with Gasteiger partial charge in [-0.05, 0) is 66.1 Å². The summed E-state index contributed by atoms with van der Waals surface area (Å²) < 4.78 is 15.8. The lowest BCUT2D eigenvalue weighted by atomic mass is 10.1. The number of rotatable bonds is 5. The first-order valence-corrected chi connectivity index (χ1v) is 9.05. The van der Waals surface area contributed by atoms with Crippen LogP contribution in [0, 0.1) is 0 Å². The van der Waals surface area contributed by atoms with Crippen molar-refractivity contribution in [1.29, 1.82) is 0 Å². The van der Waals surface area contributed by atoms with Crippen LogP contribution in [0.5, 0.6) is 17.2 Å². The SMILES string of the molecule is O=C(/C=C/c1cccs1)c1ccc(OC(=O)c2ccc3c(c2)OCO3)cc1. The second kappa shape index (κ2) is 7.47. The number of ketones is 1. The molecule has 0 atom stereocenters. The van der Waals surface area contributed by atoms with Gasteiger partial charge in [0, 0.05) is 10.4 Å². The number of thiophene rings is 1. The zero-order valence-corrected chi connectivity index (χ0v) is 14.9. The standard InChI is InChI=1S/C21H14O5S/c22-18(9-8-17-2-1-11-27-17)14-3-6-16(7-4-14)26-21(23)15-5-10-19-20(12-15)25-13-24-19/h1-12H,13H2/b9-8+. The summed E-state index contributed by atoms with van der Waals surface area (Å²) in [4.78, 5) is 25.5. The number of benzene rings is 2. The van der Waals surface area contributed by atoms with Gasteiger partial charge in [0.25, 0.3) is 0 Å². The van der Waals surface area contributed by atoms with Crippen molar-refractivity contribution in [2.45, 2.75) is 0 Å². The lowest BCUT2D eigenvalue weighted by Gasteiger charge is -2.05. The summed E-state index contributed by atoms with van der Waals surface area (Å²) in [5.41, 5.74) is 0.879. The number of fused-ring (bicyclic) bond motifs is 1. The van der Waals surface area contributed by atoms with Gasteiger partial charge in [0.05, 0.1) is 5.56 Å². The van der Waals surface area contributed by atoms with Crippen LogP contribution in [0.2, 0.25) is 0 Å². The molecule has 0 saturated carbocycles. The molecular weight excluding hydrogens is 364 g/mol. The van der Waals surface area contributed by atoms with Gasteiger partial charge in [-0.3, -0.25) is 4.79 Å². The molecule has 0 aliphatic carbocycles. The van der Waals surface area contributed by atoms with Crippen LogP contribution in [0.1, 0.15) is 25.6 Å². The highest BCUT2D eigenvalue weighted by Gasteiger charge is 2.17. The van der Waals surface area contributed by atoms with E-state index in [2.05, 4.69) is 0 Å². The fourth-order valence-corrected chi connectivity index (χ4v) is 3.13. The van der Waals surface area contributed by atoms with Gasteiger partial charge < -0.3 is 14.2 Å². The number of carbonyl (C=O) groups is 2. The minimum absolute atomic E-state index is 0.114. The Kier molecular flexibility index (Phi) is 4.72. The summed E-state index contributed by atoms with van der Waals surface area (Å²) in [6, 6.07) is 15.2. The molecule has 0 radical (unpaired) electrons. The van der Waals surface area contributed by atoms with Crippen molar-refractivity contribution in [3.63, 3.8) is 0 Å². The molecule has 0 spiro atoms. The Bertz CT molecular complexity index is 1000. The number of hydrogen-bond acceptors (Lipinski definition) is 6. The molecule has 1 aliphatic heterocycles. The molecule has 27 heavy (non-hydrogen) atoms.